The van der Waals surface area contributed by atoms with Crippen molar-refractivity contribution in [2.75, 3.05) is 0 Å². The fraction of sp³-hybridized carbons (Fsp3) is 0.0667. The van der Waals surface area contributed by atoms with Crippen molar-refractivity contribution in [3.8, 4) is 0 Å². The summed E-state index contributed by atoms with van der Waals surface area (Å²) in [6, 6.07) is 14.7. The number of nitrogens with one attached hydrogen (secondary N) is 1. The fourth-order valence-electron chi connectivity index (χ4n) is 2.16. The summed E-state index contributed by atoms with van der Waals surface area (Å²) in [6.45, 7) is -0.350. The minimum absolute atomic E-state index is 0.0569. The highest BCUT2D eigenvalue weighted by atomic mass is 32.2. The summed E-state index contributed by atoms with van der Waals surface area (Å²) >= 11 is 1.47. The zero-order valence-corrected chi connectivity index (χ0v) is 11.8. The lowest BCUT2D eigenvalue weighted by molar-refractivity contribution is -0.385. The van der Waals surface area contributed by atoms with E-state index in [1.807, 2.05) is 30.3 Å². The highest BCUT2D eigenvalue weighted by molar-refractivity contribution is 7.99. The molecule has 0 aliphatic rings. The molecule has 0 aliphatic carbocycles. The molecule has 0 atom stereocenters. The first-order valence-corrected chi connectivity index (χ1v) is 7.13. The Labute approximate surface area is 124 Å². The average Bonchev–Trinajstić information content (AvgIpc) is 2.88. The molecule has 5 nitrogen and oxygen atoms in total. The summed E-state index contributed by atoms with van der Waals surface area (Å²) in [4.78, 5) is 14.5. The van der Waals surface area contributed by atoms with Crippen LogP contribution in [0.1, 0.15) is 5.56 Å². The van der Waals surface area contributed by atoms with E-state index in [1.165, 1.54) is 17.8 Å². The van der Waals surface area contributed by atoms with Gasteiger partial charge in [-0.25, -0.2) is 0 Å². The van der Waals surface area contributed by atoms with E-state index in [2.05, 4.69) is 4.98 Å². The Balaban J connectivity index is 1.92. The van der Waals surface area contributed by atoms with E-state index >= 15 is 0 Å². The molecule has 2 aromatic carbocycles. The second kappa shape index (κ2) is 5.59. The predicted octanol–water partition coefficient (Wildman–Crippen LogP) is 3.72. The minimum Gasteiger partial charge on any atom is -0.391 e. The van der Waals surface area contributed by atoms with Crippen LogP contribution in [0.4, 0.5) is 5.69 Å². The second-order valence-electron chi connectivity index (χ2n) is 4.53. The lowest BCUT2D eigenvalue weighted by Gasteiger charge is -2.03. The second-order valence-corrected chi connectivity index (χ2v) is 5.64. The van der Waals surface area contributed by atoms with E-state index < -0.39 is 4.92 Å². The van der Waals surface area contributed by atoms with Gasteiger partial charge >= 0.3 is 0 Å². The number of hydrogen-bond acceptors (Lipinski definition) is 4. The van der Waals surface area contributed by atoms with Gasteiger partial charge in [0.15, 0.2) is 0 Å². The molecular formula is C15H12N2O3S. The van der Waals surface area contributed by atoms with Crippen LogP contribution in [0.15, 0.2) is 58.5 Å². The molecular weight excluding hydrogens is 288 g/mol. The predicted molar refractivity (Wildman–Crippen MR) is 81.4 cm³/mol. The number of aliphatic hydroxyl groups is 1. The molecule has 1 heterocycles. The molecule has 21 heavy (non-hydrogen) atoms. The summed E-state index contributed by atoms with van der Waals surface area (Å²) in [5, 5.41) is 22.2. The van der Waals surface area contributed by atoms with Crippen LogP contribution < -0.4 is 0 Å². The maximum absolute atomic E-state index is 10.8. The highest BCUT2D eigenvalue weighted by Gasteiger charge is 2.14. The lowest BCUT2D eigenvalue weighted by Crippen LogP contribution is -1.95. The molecule has 6 heteroatoms. The SMILES string of the molecule is O=[N+]([O-])c1ccc(Sc2cc3ccccc3[nH]2)cc1CO. The molecule has 106 valence electrons. The van der Waals surface area contributed by atoms with Crippen molar-refractivity contribution in [2.45, 2.75) is 16.5 Å². The molecule has 0 unspecified atom stereocenters. The third-order valence-electron chi connectivity index (χ3n) is 3.15. The van der Waals surface area contributed by atoms with Gasteiger partial charge in [0.25, 0.3) is 5.69 Å². The van der Waals surface area contributed by atoms with Crippen LogP contribution in [-0.2, 0) is 6.61 Å². The van der Waals surface area contributed by atoms with Crippen LogP contribution in [0.3, 0.4) is 0 Å². The molecule has 1 aromatic heterocycles. The molecule has 0 bridgehead atoms. The van der Waals surface area contributed by atoms with Gasteiger partial charge in [0.1, 0.15) is 0 Å². The number of nitro groups is 1. The molecule has 2 N–H and O–H groups in total. The Morgan fingerprint density at radius 2 is 2.00 bits per heavy atom. The first-order valence-electron chi connectivity index (χ1n) is 6.31. The normalized spacial score (nSPS) is 10.9. The highest BCUT2D eigenvalue weighted by Crippen LogP contribution is 2.32. The van der Waals surface area contributed by atoms with Gasteiger partial charge < -0.3 is 10.1 Å². The van der Waals surface area contributed by atoms with Crippen LogP contribution in [0.2, 0.25) is 0 Å². The minimum atomic E-state index is -0.483. The molecule has 3 aromatic rings. The number of nitro benzene ring substituents is 1. The molecule has 0 fully saturated rings. The maximum atomic E-state index is 10.8. The Hall–Kier alpha value is -2.31. The van der Waals surface area contributed by atoms with Crippen LogP contribution >= 0.6 is 11.8 Å². The number of fused-ring (bicyclic) bond motifs is 1. The Morgan fingerprint density at radius 1 is 1.19 bits per heavy atom. The summed E-state index contributed by atoms with van der Waals surface area (Å²) in [6.07, 6.45) is 0. The number of hydrogen-bond donors (Lipinski definition) is 2. The van der Waals surface area contributed by atoms with Crippen LogP contribution in [-0.4, -0.2) is 15.0 Å². The summed E-state index contributed by atoms with van der Waals surface area (Å²) < 4.78 is 0. The van der Waals surface area contributed by atoms with Crippen molar-refractivity contribution >= 4 is 28.4 Å². The topological polar surface area (TPSA) is 79.2 Å². The molecule has 0 radical (unpaired) electrons. The Bertz CT molecular complexity index is 781. The van der Waals surface area contributed by atoms with Crippen molar-refractivity contribution < 1.29 is 10.0 Å². The number of aliphatic hydroxyl groups excluding tert-OH is 1. The van der Waals surface area contributed by atoms with Crippen LogP contribution in [0.5, 0.6) is 0 Å². The Kier molecular flexibility index (Phi) is 3.64. The Morgan fingerprint density at radius 3 is 2.71 bits per heavy atom. The van der Waals surface area contributed by atoms with Crippen molar-refractivity contribution in [3.63, 3.8) is 0 Å². The van der Waals surface area contributed by atoms with Crippen molar-refractivity contribution in [2.24, 2.45) is 0 Å². The summed E-state index contributed by atoms with van der Waals surface area (Å²) in [5.41, 5.74) is 1.31. The number of nitrogens with zero attached hydrogens (tertiary/aromatic N) is 1. The number of para-hydroxylation sites is 1. The van der Waals surface area contributed by atoms with Crippen LogP contribution in [0, 0.1) is 10.1 Å². The van der Waals surface area contributed by atoms with E-state index in [9.17, 15) is 15.2 Å². The van der Waals surface area contributed by atoms with Gasteiger partial charge in [-0.1, -0.05) is 30.0 Å². The first kappa shape index (κ1) is 13.7. The molecule has 3 rings (SSSR count). The van der Waals surface area contributed by atoms with Crippen molar-refractivity contribution in [1.29, 1.82) is 0 Å². The monoisotopic (exact) mass is 300 g/mol. The van der Waals surface area contributed by atoms with Gasteiger partial charge in [0, 0.05) is 21.9 Å². The largest absolute Gasteiger partial charge is 0.391 e. The number of aromatic amines is 1. The number of aromatic nitrogens is 1. The third kappa shape index (κ3) is 2.76. The van der Waals surface area contributed by atoms with Crippen molar-refractivity contribution in [1.82, 2.24) is 4.98 Å². The molecule has 0 amide bonds. The fourth-order valence-corrected chi connectivity index (χ4v) is 3.10. The van der Waals surface area contributed by atoms with Gasteiger partial charge in [-0.3, -0.25) is 10.1 Å². The van der Waals surface area contributed by atoms with E-state index in [4.69, 9.17) is 0 Å². The summed E-state index contributed by atoms with van der Waals surface area (Å²) in [7, 11) is 0. The van der Waals surface area contributed by atoms with E-state index in [1.54, 1.807) is 12.1 Å². The number of rotatable bonds is 4. The first-order chi connectivity index (χ1) is 10.2. The van der Waals surface area contributed by atoms with Gasteiger partial charge in [0.2, 0.25) is 0 Å². The smallest absolute Gasteiger partial charge is 0.274 e. The van der Waals surface area contributed by atoms with E-state index in [0.717, 1.165) is 20.8 Å². The van der Waals surface area contributed by atoms with E-state index in [0.29, 0.717) is 5.56 Å². The zero-order chi connectivity index (χ0) is 14.8. The molecule has 0 aliphatic heterocycles. The van der Waals surface area contributed by atoms with Gasteiger partial charge in [-0.2, -0.15) is 0 Å². The maximum Gasteiger partial charge on any atom is 0.274 e. The lowest BCUT2D eigenvalue weighted by atomic mass is 10.2. The zero-order valence-electron chi connectivity index (χ0n) is 10.9. The van der Waals surface area contributed by atoms with Gasteiger partial charge in [-0.15, -0.1) is 0 Å². The number of benzene rings is 2. The average molecular weight is 300 g/mol. The third-order valence-corrected chi connectivity index (χ3v) is 4.08. The quantitative estimate of drug-likeness (QED) is 0.568. The van der Waals surface area contributed by atoms with Crippen molar-refractivity contribution in [3.05, 3.63) is 64.2 Å². The van der Waals surface area contributed by atoms with Gasteiger partial charge in [-0.05, 0) is 24.3 Å². The molecule has 0 spiro atoms. The van der Waals surface area contributed by atoms with E-state index in [-0.39, 0.29) is 12.3 Å². The summed E-state index contributed by atoms with van der Waals surface area (Å²) in [5.74, 6) is 0. The number of H-pyrrole nitrogens is 1. The standard InChI is InChI=1S/C15H12N2O3S/c18-9-11-7-12(5-6-14(11)17(19)20)21-15-8-10-3-1-2-4-13(10)16-15/h1-8,16,18H,9H2. The molecule has 0 saturated carbocycles. The van der Waals surface area contributed by atoms with Crippen LogP contribution in [0.25, 0.3) is 10.9 Å². The molecule has 0 saturated heterocycles. The van der Waals surface area contributed by atoms with Gasteiger partial charge in [0.05, 0.1) is 22.1 Å².